The summed E-state index contributed by atoms with van der Waals surface area (Å²) < 4.78 is 8.05. The Kier molecular flexibility index (Phi) is 2.97. The van der Waals surface area contributed by atoms with Gasteiger partial charge in [-0.25, -0.2) is 0 Å². The number of ether oxygens (including phenoxy) is 1. The van der Waals surface area contributed by atoms with Crippen LogP contribution in [0, 0.1) is 0 Å². The Morgan fingerprint density at radius 3 is 2.94 bits per heavy atom. The lowest BCUT2D eigenvalue weighted by molar-refractivity contribution is 0.0458. The van der Waals surface area contributed by atoms with E-state index in [0.717, 1.165) is 37.8 Å². The monoisotopic (exact) mass is 235 g/mol. The summed E-state index contributed by atoms with van der Waals surface area (Å²) in [5.41, 5.74) is 2.47. The fourth-order valence-corrected chi connectivity index (χ4v) is 3.08. The minimum Gasteiger partial charge on any atom is -0.388 e. The SMILES string of the molecule is CC1CCC(Cn2cc3c(c2)C(O)CCC3)O1. The molecular weight excluding hydrogens is 214 g/mol. The lowest BCUT2D eigenvalue weighted by atomic mass is 9.93. The molecule has 1 fully saturated rings. The van der Waals surface area contributed by atoms with Crippen molar-refractivity contribution in [1.82, 2.24) is 4.57 Å². The first-order valence-electron chi connectivity index (χ1n) is 6.74. The van der Waals surface area contributed by atoms with E-state index in [9.17, 15) is 5.11 Å². The molecule has 17 heavy (non-hydrogen) atoms. The van der Waals surface area contributed by atoms with Gasteiger partial charge in [-0.15, -0.1) is 0 Å². The molecule has 1 aliphatic carbocycles. The van der Waals surface area contributed by atoms with E-state index in [1.807, 2.05) is 0 Å². The summed E-state index contributed by atoms with van der Waals surface area (Å²) in [6, 6.07) is 0. The van der Waals surface area contributed by atoms with Gasteiger partial charge in [-0.05, 0) is 44.6 Å². The Bertz CT molecular complexity index is 399. The van der Waals surface area contributed by atoms with Gasteiger partial charge in [0.25, 0.3) is 0 Å². The summed E-state index contributed by atoms with van der Waals surface area (Å²) in [6.07, 6.45) is 10.3. The van der Waals surface area contributed by atoms with Crippen molar-refractivity contribution in [1.29, 1.82) is 0 Å². The topological polar surface area (TPSA) is 34.4 Å². The first-order valence-corrected chi connectivity index (χ1v) is 6.74. The molecule has 1 saturated heterocycles. The fourth-order valence-electron chi connectivity index (χ4n) is 3.08. The Hall–Kier alpha value is -0.800. The minimum absolute atomic E-state index is 0.247. The van der Waals surface area contributed by atoms with Crippen molar-refractivity contribution in [3.63, 3.8) is 0 Å². The molecule has 0 saturated carbocycles. The van der Waals surface area contributed by atoms with Gasteiger partial charge in [0.15, 0.2) is 0 Å². The average molecular weight is 235 g/mol. The van der Waals surface area contributed by atoms with Crippen molar-refractivity contribution in [2.45, 2.75) is 63.9 Å². The highest BCUT2D eigenvalue weighted by atomic mass is 16.5. The molecule has 1 aromatic rings. The number of fused-ring (bicyclic) bond motifs is 1. The van der Waals surface area contributed by atoms with Crippen LogP contribution in [-0.2, 0) is 17.7 Å². The number of aryl methyl sites for hydroxylation is 1. The summed E-state index contributed by atoms with van der Waals surface area (Å²) in [7, 11) is 0. The van der Waals surface area contributed by atoms with Gasteiger partial charge < -0.3 is 14.4 Å². The number of aliphatic hydroxyl groups excluding tert-OH is 1. The van der Waals surface area contributed by atoms with E-state index in [1.54, 1.807) is 0 Å². The second kappa shape index (κ2) is 4.46. The first kappa shape index (κ1) is 11.3. The average Bonchev–Trinajstić information content (AvgIpc) is 2.86. The fraction of sp³-hybridized carbons (Fsp3) is 0.714. The van der Waals surface area contributed by atoms with Crippen LogP contribution in [0.15, 0.2) is 12.4 Å². The highest BCUT2D eigenvalue weighted by molar-refractivity contribution is 5.29. The predicted molar refractivity (Wildman–Crippen MR) is 65.9 cm³/mol. The Morgan fingerprint density at radius 1 is 1.35 bits per heavy atom. The number of rotatable bonds is 2. The Labute approximate surface area is 102 Å². The molecule has 2 aliphatic rings. The van der Waals surface area contributed by atoms with Crippen LogP contribution in [0.25, 0.3) is 0 Å². The van der Waals surface area contributed by atoms with Gasteiger partial charge in [-0.2, -0.15) is 0 Å². The number of aliphatic hydroxyl groups is 1. The molecule has 0 aromatic carbocycles. The quantitative estimate of drug-likeness (QED) is 0.854. The largest absolute Gasteiger partial charge is 0.388 e. The van der Waals surface area contributed by atoms with Crippen LogP contribution in [0.3, 0.4) is 0 Å². The second-order valence-corrected chi connectivity index (χ2v) is 5.49. The molecule has 3 heteroatoms. The second-order valence-electron chi connectivity index (χ2n) is 5.49. The molecule has 3 nitrogen and oxygen atoms in total. The van der Waals surface area contributed by atoms with E-state index in [1.165, 1.54) is 12.0 Å². The molecular formula is C14H21NO2. The summed E-state index contributed by atoms with van der Waals surface area (Å²) in [5, 5.41) is 9.93. The van der Waals surface area contributed by atoms with E-state index in [-0.39, 0.29) is 6.10 Å². The van der Waals surface area contributed by atoms with E-state index in [0.29, 0.717) is 12.2 Å². The van der Waals surface area contributed by atoms with Crippen molar-refractivity contribution in [3.8, 4) is 0 Å². The third-order valence-electron chi connectivity index (χ3n) is 4.01. The molecule has 3 unspecified atom stereocenters. The number of nitrogens with zero attached hydrogens (tertiary/aromatic N) is 1. The maximum atomic E-state index is 9.93. The highest BCUT2D eigenvalue weighted by Crippen LogP contribution is 2.31. The molecule has 0 amide bonds. The lowest BCUT2D eigenvalue weighted by Crippen LogP contribution is -2.15. The maximum absolute atomic E-state index is 9.93. The highest BCUT2D eigenvalue weighted by Gasteiger charge is 2.24. The van der Waals surface area contributed by atoms with Gasteiger partial charge in [-0.3, -0.25) is 0 Å². The van der Waals surface area contributed by atoms with Crippen molar-refractivity contribution in [2.24, 2.45) is 0 Å². The Balaban J connectivity index is 1.72. The number of hydrogen-bond acceptors (Lipinski definition) is 2. The van der Waals surface area contributed by atoms with Gasteiger partial charge in [-0.1, -0.05) is 0 Å². The molecule has 0 bridgehead atoms. The molecule has 0 radical (unpaired) electrons. The molecule has 1 aliphatic heterocycles. The summed E-state index contributed by atoms with van der Waals surface area (Å²) in [5.74, 6) is 0. The van der Waals surface area contributed by atoms with E-state index in [4.69, 9.17) is 4.74 Å². The van der Waals surface area contributed by atoms with Crippen LogP contribution in [0.2, 0.25) is 0 Å². The molecule has 1 N–H and O–H groups in total. The van der Waals surface area contributed by atoms with Gasteiger partial charge in [0.2, 0.25) is 0 Å². The smallest absolute Gasteiger partial charge is 0.0807 e. The molecule has 3 rings (SSSR count). The van der Waals surface area contributed by atoms with Crippen molar-refractivity contribution in [3.05, 3.63) is 23.5 Å². The van der Waals surface area contributed by atoms with Gasteiger partial charge in [0.05, 0.1) is 18.3 Å². The van der Waals surface area contributed by atoms with E-state index >= 15 is 0 Å². The van der Waals surface area contributed by atoms with Crippen molar-refractivity contribution < 1.29 is 9.84 Å². The molecule has 2 heterocycles. The zero-order chi connectivity index (χ0) is 11.8. The van der Waals surface area contributed by atoms with E-state index < -0.39 is 0 Å². The van der Waals surface area contributed by atoms with Crippen LogP contribution < -0.4 is 0 Å². The third kappa shape index (κ3) is 2.26. The van der Waals surface area contributed by atoms with Crippen LogP contribution in [0.5, 0.6) is 0 Å². The van der Waals surface area contributed by atoms with Crippen LogP contribution >= 0.6 is 0 Å². The molecule has 3 atom stereocenters. The maximum Gasteiger partial charge on any atom is 0.0807 e. The van der Waals surface area contributed by atoms with Crippen LogP contribution in [-0.4, -0.2) is 21.9 Å². The van der Waals surface area contributed by atoms with E-state index in [2.05, 4.69) is 23.9 Å². The summed E-state index contributed by atoms with van der Waals surface area (Å²) in [4.78, 5) is 0. The third-order valence-corrected chi connectivity index (χ3v) is 4.01. The lowest BCUT2D eigenvalue weighted by Gasteiger charge is -2.16. The molecule has 1 aromatic heterocycles. The summed E-state index contributed by atoms with van der Waals surface area (Å²) >= 11 is 0. The predicted octanol–water partition coefficient (Wildman–Crippen LogP) is 2.43. The van der Waals surface area contributed by atoms with Gasteiger partial charge >= 0.3 is 0 Å². The standard InChI is InChI=1S/C14H21NO2/c1-10-5-6-12(17-10)8-15-7-11-3-2-4-14(16)13(11)9-15/h7,9-10,12,14,16H,2-6,8H2,1H3. The molecule has 94 valence electrons. The first-order chi connectivity index (χ1) is 8.22. The van der Waals surface area contributed by atoms with Gasteiger partial charge in [0, 0.05) is 24.5 Å². The molecule has 0 spiro atoms. The minimum atomic E-state index is -0.247. The van der Waals surface area contributed by atoms with Gasteiger partial charge in [0.1, 0.15) is 0 Å². The van der Waals surface area contributed by atoms with Crippen LogP contribution in [0.4, 0.5) is 0 Å². The van der Waals surface area contributed by atoms with Crippen molar-refractivity contribution >= 4 is 0 Å². The van der Waals surface area contributed by atoms with Crippen molar-refractivity contribution in [2.75, 3.05) is 0 Å². The Morgan fingerprint density at radius 2 is 2.24 bits per heavy atom. The number of aromatic nitrogens is 1. The normalized spacial score (nSPS) is 32.7. The zero-order valence-electron chi connectivity index (χ0n) is 10.4. The summed E-state index contributed by atoms with van der Waals surface area (Å²) in [6.45, 7) is 3.08. The van der Waals surface area contributed by atoms with Crippen LogP contribution in [0.1, 0.15) is 49.8 Å². The number of hydrogen-bond donors (Lipinski definition) is 1. The zero-order valence-corrected chi connectivity index (χ0v) is 10.4.